The minimum Gasteiger partial charge on any atom is -0.266 e. The van der Waals surface area contributed by atoms with Crippen LogP contribution in [0.3, 0.4) is 0 Å². The molecule has 1 saturated heterocycles. The highest BCUT2D eigenvalue weighted by Crippen LogP contribution is 2.32. The monoisotopic (exact) mass is 325 g/mol. The van der Waals surface area contributed by atoms with Gasteiger partial charge in [0.15, 0.2) is 4.96 Å². The molecule has 1 fully saturated rings. The van der Waals surface area contributed by atoms with Crippen LogP contribution in [0.5, 0.6) is 0 Å². The van der Waals surface area contributed by atoms with E-state index in [1.54, 1.807) is 0 Å². The Labute approximate surface area is 123 Å². The topological polar surface area (TPSA) is 26.8 Å². The summed E-state index contributed by atoms with van der Waals surface area (Å²) in [7, 11) is 0. The zero-order valence-corrected chi connectivity index (χ0v) is 11.5. The first-order chi connectivity index (χ1) is 8.99. The molecule has 0 radical (unpaired) electrons. The van der Waals surface area contributed by atoms with E-state index in [9.17, 15) is 13.7 Å². The number of hydrogen-bond acceptors (Lipinski definition) is 3. The van der Waals surface area contributed by atoms with Crippen molar-refractivity contribution in [1.82, 2.24) is 10.2 Å². The molecule has 19 heavy (non-hydrogen) atoms. The molecule has 102 valence electrons. The van der Waals surface area contributed by atoms with Crippen LogP contribution in [0.25, 0.3) is 0 Å². The van der Waals surface area contributed by atoms with Crippen molar-refractivity contribution < 1.29 is 13.7 Å². The molecule has 0 N–H and O–H groups in total. The molecule has 4 nitrogen and oxygen atoms in total. The number of anilines is 1. The number of hydrogen-bond donors (Lipinski definition) is 0. The van der Waals surface area contributed by atoms with E-state index in [4.69, 9.17) is 35.4 Å². The number of thiocarbonyl (C=S) groups is 1. The van der Waals surface area contributed by atoms with Crippen LogP contribution in [0.4, 0.5) is 19.4 Å². The Morgan fingerprint density at radius 2 is 2.00 bits per heavy atom. The first-order valence-corrected chi connectivity index (χ1v) is 6.38. The maximum absolute atomic E-state index is 13.7. The number of alkyl halides is 2. The summed E-state index contributed by atoms with van der Waals surface area (Å²) in [5.74, 6) is -0.686. The second-order valence-electron chi connectivity index (χ2n) is 3.57. The first-order valence-electron chi connectivity index (χ1n) is 5.04. The number of hydrazine groups is 1. The lowest BCUT2D eigenvalue weighted by molar-refractivity contribution is -0.0993. The Hall–Kier alpha value is -1.02. The van der Waals surface area contributed by atoms with Gasteiger partial charge in [-0.2, -0.15) is 0 Å². The molecule has 1 aliphatic heterocycles. The van der Waals surface area contributed by atoms with Crippen LogP contribution in [-0.2, 0) is 0 Å². The number of nitrogens with zero attached hydrogens (tertiary/aromatic N) is 3. The summed E-state index contributed by atoms with van der Waals surface area (Å²) in [5, 5.41) is 1.47. The van der Waals surface area contributed by atoms with Gasteiger partial charge < -0.3 is 0 Å². The molecule has 2 amide bonds. The standard InChI is InChI=1S/C10H7Cl2F2N3OS/c11-9(12)16-8(5-19)15(10(18)17(16)14)7-4-2-1-3-6(7)13/h1-5,8-9H. The van der Waals surface area contributed by atoms with Gasteiger partial charge in [0.1, 0.15) is 12.0 Å². The van der Waals surface area contributed by atoms with E-state index in [2.05, 4.69) is 0 Å². The molecule has 2 rings (SSSR count). The smallest absolute Gasteiger partial charge is 0.266 e. The quantitative estimate of drug-likeness (QED) is 0.369. The Balaban J connectivity index is 2.48. The van der Waals surface area contributed by atoms with Crippen molar-refractivity contribution in [2.24, 2.45) is 0 Å². The third-order valence-corrected chi connectivity index (χ3v) is 3.18. The van der Waals surface area contributed by atoms with E-state index in [0.717, 1.165) is 16.3 Å². The van der Waals surface area contributed by atoms with Gasteiger partial charge >= 0.3 is 6.03 Å². The predicted molar refractivity (Wildman–Crippen MR) is 72.0 cm³/mol. The van der Waals surface area contributed by atoms with E-state index < -0.39 is 23.0 Å². The van der Waals surface area contributed by atoms with Crippen molar-refractivity contribution in [3.8, 4) is 0 Å². The fourth-order valence-corrected chi connectivity index (χ4v) is 2.36. The zero-order chi connectivity index (χ0) is 14.2. The summed E-state index contributed by atoms with van der Waals surface area (Å²) in [4.78, 5) is 11.3. The second-order valence-corrected chi connectivity index (χ2v) is 4.89. The number of rotatable bonds is 3. The van der Waals surface area contributed by atoms with Crippen LogP contribution in [0, 0.1) is 5.82 Å². The van der Waals surface area contributed by atoms with Crippen LogP contribution in [0.1, 0.15) is 0 Å². The molecule has 0 aromatic heterocycles. The van der Waals surface area contributed by atoms with Gasteiger partial charge in [0.25, 0.3) is 0 Å². The molecule has 0 aliphatic carbocycles. The van der Waals surface area contributed by atoms with E-state index in [1.165, 1.54) is 18.2 Å². The highest BCUT2D eigenvalue weighted by atomic mass is 35.5. The third-order valence-electron chi connectivity index (χ3n) is 2.54. The van der Waals surface area contributed by atoms with Crippen molar-refractivity contribution in [1.29, 1.82) is 0 Å². The van der Waals surface area contributed by atoms with Gasteiger partial charge in [-0.25, -0.2) is 9.18 Å². The maximum atomic E-state index is 13.7. The molecule has 0 saturated carbocycles. The lowest BCUT2D eigenvalue weighted by atomic mass is 10.2. The maximum Gasteiger partial charge on any atom is 0.370 e. The van der Waals surface area contributed by atoms with Gasteiger partial charge in [-0.15, -0.1) is 5.01 Å². The molecule has 1 aliphatic rings. The summed E-state index contributed by atoms with van der Waals surface area (Å²) in [6.07, 6.45) is -1.09. The summed E-state index contributed by atoms with van der Waals surface area (Å²) >= 11 is 15.9. The minimum atomic E-state index is -1.35. The number of carbonyl (C=O) groups excluding carboxylic acids is 1. The van der Waals surface area contributed by atoms with Gasteiger partial charge in [-0.05, 0) is 12.1 Å². The van der Waals surface area contributed by atoms with Crippen molar-refractivity contribution in [2.45, 2.75) is 11.1 Å². The van der Waals surface area contributed by atoms with Crippen LogP contribution >= 0.6 is 35.4 Å². The number of amides is 2. The molecule has 1 aromatic rings. The second kappa shape index (κ2) is 5.54. The number of halogens is 4. The van der Waals surface area contributed by atoms with E-state index in [-0.39, 0.29) is 10.9 Å². The average molecular weight is 326 g/mol. The minimum absolute atomic E-state index is 0.113. The van der Waals surface area contributed by atoms with Gasteiger partial charge in [0.05, 0.1) is 5.69 Å². The fourth-order valence-electron chi connectivity index (χ4n) is 1.73. The van der Waals surface area contributed by atoms with Gasteiger partial charge in [0.2, 0.25) is 0 Å². The number of carbonyl (C=O) groups is 1. The molecule has 9 heteroatoms. The van der Waals surface area contributed by atoms with Crippen molar-refractivity contribution in [3.05, 3.63) is 30.1 Å². The molecular formula is C10H7Cl2F2N3OS. The fraction of sp³-hybridized carbons (Fsp3) is 0.200. The van der Waals surface area contributed by atoms with E-state index in [0.29, 0.717) is 5.01 Å². The van der Waals surface area contributed by atoms with Crippen molar-refractivity contribution >= 4 is 52.5 Å². The van der Waals surface area contributed by atoms with Crippen LogP contribution in [-0.4, -0.2) is 32.8 Å². The van der Waals surface area contributed by atoms with Gasteiger partial charge in [-0.1, -0.05) is 57.3 Å². The van der Waals surface area contributed by atoms with Crippen LogP contribution in [0.2, 0.25) is 0 Å². The van der Waals surface area contributed by atoms with Gasteiger partial charge in [-0.3, -0.25) is 4.90 Å². The number of para-hydroxylation sites is 1. The predicted octanol–water partition coefficient (Wildman–Crippen LogP) is 3.26. The van der Waals surface area contributed by atoms with Crippen LogP contribution < -0.4 is 4.90 Å². The zero-order valence-electron chi connectivity index (χ0n) is 9.21. The molecule has 1 aromatic carbocycles. The average Bonchev–Trinajstić information content (AvgIpc) is 2.63. The Morgan fingerprint density at radius 1 is 1.37 bits per heavy atom. The molecular weight excluding hydrogens is 319 g/mol. The summed E-state index contributed by atoms with van der Waals surface area (Å²) < 4.78 is 27.5. The van der Waals surface area contributed by atoms with Crippen molar-refractivity contribution in [3.63, 3.8) is 0 Å². The van der Waals surface area contributed by atoms with E-state index in [1.807, 2.05) is 0 Å². The Bertz CT molecular complexity index is 519. The number of urea groups is 1. The largest absolute Gasteiger partial charge is 0.370 e. The normalized spacial score (nSPS) is 20.5. The summed E-state index contributed by atoms with van der Waals surface area (Å²) in [6, 6.07) is 4.31. The molecule has 0 bridgehead atoms. The third kappa shape index (κ3) is 2.38. The number of benzene rings is 1. The highest BCUT2D eigenvalue weighted by molar-refractivity contribution is 7.79. The Kier molecular flexibility index (Phi) is 4.19. The molecule has 0 spiro atoms. The van der Waals surface area contributed by atoms with Gasteiger partial charge in [0, 0.05) is 5.37 Å². The van der Waals surface area contributed by atoms with Crippen molar-refractivity contribution in [2.75, 3.05) is 4.90 Å². The first kappa shape index (κ1) is 14.4. The van der Waals surface area contributed by atoms with E-state index >= 15 is 0 Å². The summed E-state index contributed by atoms with van der Waals surface area (Å²) in [5.41, 5.74) is -0.113. The Morgan fingerprint density at radius 3 is 2.53 bits per heavy atom. The summed E-state index contributed by atoms with van der Waals surface area (Å²) in [6.45, 7) is 0. The SMILES string of the molecule is O=C1N(c2ccccc2F)C(C=S)N(C(Cl)Cl)N1F. The highest BCUT2D eigenvalue weighted by Gasteiger charge is 2.48. The van der Waals surface area contributed by atoms with Crippen LogP contribution in [0.15, 0.2) is 24.3 Å². The lowest BCUT2D eigenvalue weighted by Crippen LogP contribution is -2.44. The molecule has 1 atom stereocenters. The molecule has 1 unspecified atom stereocenters. The lowest BCUT2D eigenvalue weighted by Gasteiger charge is -2.25. The molecule has 1 heterocycles.